The second-order valence-corrected chi connectivity index (χ2v) is 6.71. The Labute approximate surface area is 165 Å². The van der Waals surface area contributed by atoms with Gasteiger partial charge >= 0.3 is 12.1 Å². The van der Waals surface area contributed by atoms with Crippen LogP contribution in [0.5, 0.6) is 0 Å². The lowest BCUT2D eigenvalue weighted by Crippen LogP contribution is -2.24. The smallest absolute Gasteiger partial charge is 0.416 e. The number of esters is 1. The molecule has 1 aliphatic rings. The summed E-state index contributed by atoms with van der Waals surface area (Å²) in [6.45, 7) is 0.832. The zero-order valence-electron chi connectivity index (χ0n) is 15.6. The maximum atomic E-state index is 13.1. The van der Waals surface area contributed by atoms with Crippen LogP contribution in [0.2, 0.25) is 0 Å². The van der Waals surface area contributed by atoms with Gasteiger partial charge in [-0.1, -0.05) is 0 Å². The van der Waals surface area contributed by atoms with Crippen LogP contribution in [0, 0.1) is 0 Å². The van der Waals surface area contributed by atoms with Crippen LogP contribution in [-0.4, -0.2) is 31.6 Å². The topological polar surface area (TPSA) is 71.8 Å². The molecule has 0 unspecified atom stereocenters. The number of hydrogen-bond donors (Lipinski definition) is 1. The largest absolute Gasteiger partial charge is 0.469 e. The van der Waals surface area contributed by atoms with E-state index in [0.29, 0.717) is 31.0 Å². The molecule has 0 radical (unpaired) electrons. The molecule has 1 aromatic heterocycles. The van der Waals surface area contributed by atoms with Crippen LogP contribution in [0.25, 0.3) is 0 Å². The molecule has 29 heavy (non-hydrogen) atoms. The van der Waals surface area contributed by atoms with Crippen LogP contribution in [-0.2, 0) is 26.9 Å². The Morgan fingerprint density at radius 3 is 2.59 bits per heavy atom. The van der Waals surface area contributed by atoms with Gasteiger partial charge in [-0.05, 0) is 43.2 Å². The summed E-state index contributed by atoms with van der Waals surface area (Å²) >= 11 is 0. The molecule has 1 saturated heterocycles. The number of ether oxygens (including phenoxy) is 1. The number of aryl methyl sites for hydroxylation is 1. The molecular formula is C20H21F3N2O4. The van der Waals surface area contributed by atoms with Crippen molar-refractivity contribution in [2.75, 3.05) is 29.9 Å². The standard InChI is InChI=1S/C20H21F3N2O4/c21-20(22,23)14-5-7-17(25-9-1-2-10-25)16(12-14)24-18(26)13-29-19(27)8-6-15-4-3-11-28-15/h3-5,7,11-12H,1-2,6,8-10,13H2,(H,24,26). The van der Waals surface area contributed by atoms with Crippen molar-refractivity contribution in [3.05, 3.63) is 47.9 Å². The SMILES string of the molecule is O=C(COC(=O)CCc1ccco1)Nc1cc(C(F)(F)F)ccc1N1CCCC1. The van der Waals surface area contributed by atoms with Crippen molar-refractivity contribution in [3.8, 4) is 0 Å². The van der Waals surface area contributed by atoms with E-state index >= 15 is 0 Å². The van der Waals surface area contributed by atoms with E-state index in [1.165, 1.54) is 12.3 Å². The van der Waals surface area contributed by atoms with Crippen molar-refractivity contribution in [1.29, 1.82) is 0 Å². The van der Waals surface area contributed by atoms with Crippen LogP contribution < -0.4 is 10.2 Å². The van der Waals surface area contributed by atoms with Gasteiger partial charge in [0, 0.05) is 19.5 Å². The molecule has 9 heteroatoms. The quantitative estimate of drug-likeness (QED) is 0.699. The van der Waals surface area contributed by atoms with E-state index < -0.39 is 30.2 Å². The summed E-state index contributed by atoms with van der Waals surface area (Å²) < 4.78 is 49.2. The minimum atomic E-state index is -4.53. The Morgan fingerprint density at radius 2 is 1.93 bits per heavy atom. The van der Waals surface area contributed by atoms with E-state index in [1.54, 1.807) is 12.1 Å². The zero-order valence-corrected chi connectivity index (χ0v) is 15.6. The van der Waals surface area contributed by atoms with E-state index in [2.05, 4.69) is 5.32 Å². The van der Waals surface area contributed by atoms with Crippen molar-refractivity contribution < 1.29 is 31.9 Å². The molecule has 2 heterocycles. The summed E-state index contributed by atoms with van der Waals surface area (Å²) in [5.41, 5.74) is -0.280. The van der Waals surface area contributed by atoms with Crippen LogP contribution in [0.4, 0.5) is 24.5 Å². The third kappa shape index (κ3) is 5.75. The lowest BCUT2D eigenvalue weighted by molar-refractivity contribution is -0.147. The summed E-state index contributed by atoms with van der Waals surface area (Å²) in [4.78, 5) is 25.8. The van der Waals surface area contributed by atoms with Gasteiger partial charge in [-0.25, -0.2) is 0 Å². The van der Waals surface area contributed by atoms with Crippen molar-refractivity contribution >= 4 is 23.3 Å². The maximum Gasteiger partial charge on any atom is 0.416 e. The van der Waals surface area contributed by atoms with E-state index in [4.69, 9.17) is 9.15 Å². The third-order valence-electron chi connectivity index (χ3n) is 4.56. The fourth-order valence-corrected chi connectivity index (χ4v) is 3.13. The minimum Gasteiger partial charge on any atom is -0.469 e. The highest BCUT2D eigenvalue weighted by molar-refractivity contribution is 5.96. The summed E-state index contributed by atoms with van der Waals surface area (Å²) in [5.74, 6) is -0.679. The molecule has 6 nitrogen and oxygen atoms in total. The number of rotatable bonds is 7. The van der Waals surface area contributed by atoms with E-state index in [9.17, 15) is 22.8 Å². The number of alkyl halides is 3. The number of nitrogens with zero attached hydrogens (tertiary/aromatic N) is 1. The van der Waals surface area contributed by atoms with Gasteiger partial charge < -0.3 is 19.4 Å². The third-order valence-corrected chi connectivity index (χ3v) is 4.56. The first-order valence-electron chi connectivity index (χ1n) is 9.27. The molecule has 1 N–H and O–H groups in total. The molecule has 0 aliphatic carbocycles. The lowest BCUT2D eigenvalue weighted by Gasteiger charge is -2.23. The fraction of sp³-hybridized carbons (Fsp3) is 0.400. The van der Waals surface area contributed by atoms with E-state index in [0.717, 1.165) is 25.0 Å². The fourth-order valence-electron chi connectivity index (χ4n) is 3.13. The van der Waals surface area contributed by atoms with Crippen molar-refractivity contribution in [3.63, 3.8) is 0 Å². The summed E-state index contributed by atoms with van der Waals surface area (Å²) in [5, 5.41) is 2.45. The predicted molar refractivity (Wildman–Crippen MR) is 99.5 cm³/mol. The highest BCUT2D eigenvalue weighted by atomic mass is 19.4. The normalized spacial score (nSPS) is 14.1. The number of anilines is 2. The van der Waals surface area contributed by atoms with E-state index in [1.807, 2.05) is 4.90 Å². The Balaban J connectivity index is 1.61. The molecule has 1 aliphatic heterocycles. The zero-order chi connectivity index (χ0) is 20.9. The van der Waals surface area contributed by atoms with Gasteiger partial charge in [0.25, 0.3) is 5.91 Å². The molecule has 2 aromatic rings. The molecule has 0 bridgehead atoms. The Bertz CT molecular complexity index is 844. The average Bonchev–Trinajstić information content (AvgIpc) is 3.38. The van der Waals surface area contributed by atoms with Crippen LogP contribution in [0.3, 0.4) is 0 Å². The first-order valence-corrected chi connectivity index (χ1v) is 9.27. The van der Waals surface area contributed by atoms with Crippen LogP contribution in [0.15, 0.2) is 41.0 Å². The second-order valence-electron chi connectivity index (χ2n) is 6.71. The van der Waals surface area contributed by atoms with Crippen LogP contribution in [0.1, 0.15) is 30.6 Å². The first-order chi connectivity index (χ1) is 13.8. The number of carbonyl (C=O) groups is 2. The van der Waals surface area contributed by atoms with Crippen molar-refractivity contribution in [1.82, 2.24) is 0 Å². The molecule has 156 valence electrons. The lowest BCUT2D eigenvalue weighted by atomic mass is 10.1. The molecule has 3 rings (SSSR count). The number of halogens is 3. The highest BCUT2D eigenvalue weighted by Gasteiger charge is 2.32. The van der Waals surface area contributed by atoms with Gasteiger partial charge in [-0.2, -0.15) is 13.2 Å². The molecule has 1 fully saturated rings. The number of hydrogen-bond acceptors (Lipinski definition) is 5. The summed E-state index contributed by atoms with van der Waals surface area (Å²) in [7, 11) is 0. The molecule has 1 amide bonds. The summed E-state index contributed by atoms with van der Waals surface area (Å²) in [6, 6.07) is 6.68. The Morgan fingerprint density at radius 1 is 1.17 bits per heavy atom. The molecule has 0 saturated carbocycles. The first kappa shape index (κ1) is 20.8. The maximum absolute atomic E-state index is 13.1. The van der Waals surface area contributed by atoms with Gasteiger partial charge in [0.2, 0.25) is 0 Å². The van der Waals surface area contributed by atoms with Crippen LogP contribution >= 0.6 is 0 Å². The van der Waals surface area contributed by atoms with Gasteiger partial charge in [-0.15, -0.1) is 0 Å². The Hall–Kier alpha value is -2.97. The monoisotopic (exact) mass is 410 g/mol. The second kappa shape index (κ2) is 9.02. The van der Waals surface area contributed by atoms with E-state index in [-0.39, 0.29) is 12.1 Å². The average molecular weight is 410 g/mol. The molecule has 0 spiro atoms. The molecule has 1 aromatic carbocycles. The highest BCUT2D eigenvalue weighted by Crippen LogP contribution is 2.36. The van der Waals surface area contributed by atoms with Crippen molar-refractivity contribution in [2.45, 2.75) is 31.9 Å². The van der Waals surface area contributed by atoms with Gasteiger partial charge in [0.1, 0.15) is 5.76 Å². The van der Waals surface area contributed by atoms with Gasteiger partial charge in [-0.3, -0.25) is 9.59 Å². The Kier molecular flexibility index (Phi) is 6.46. The number of nitrogens with one attached hydrogen (secondary N) is 1. The summed E-state index contributed by atoms with van der Waals surface area (Å²) in [6.07, 6.45) is -0.810. The predicted octanol–water partition coefficient (Wildman–Crippen LogP) is 4.01. The molecular weight excluding hydrogens is 389 g/mol. The number of amides is 1. The van der Waals surface area contributed by atoms with Crippen molar-refractivity contribution in [2.24, 2.45) is 0 Å². The minimum absolute atomic E-state index is 0.0311. The molecule has 0 atom stereocenters. The number of furan rings is 1. The van der Waals surface area contributed by atoms with Gasteiger partial charge in [0.05, 0.1) is 29.6 Å². The number of benzene rings is 1. The van der Waals surface area contributed by atoms with Gasteiger partial charge in [0.15, 0.2) is 6.61 Å². The number of carbonyl (C=O) groups excluding carboxylic acids is 2.